The van der Waals surface area contributed by atoms with Crippen molar-refractivity contribution in [3.8, 4) is 0 Å². The molecule has 0 bridgehead atoms. The Kier molecular flexibility index (Phi) is 3.58. The van der Waals surface area contributed by atoms with E-state index in [2.05, 4.69) is 0 Å². The Bertz CT molecular complexity index is 428. The molecule has 0 saturated carbocycles. The fourth-order valence-electron chi connectivity index (χ4n) is 1.15. The van der Waals surface area contributed by atoms with Crippen LogP contribution in [0.5, 0.6) is 0 Å². The number of benzene rings is 1. The average Bonchev–Trinajstić information content (AvgIpc) is 2.26. The van der Waals surface area contributed by atoms with Crippen LogP contribution in [-0.2, 0) is 5.92 Å². The first-order valence-corrected chi connectivity index (χ1v) is 4.18. The summed E-state index contributed by atoms with van der Waals surface area (Å²) in [7, 11) is 0. The van der Waals surface area contributed by atoms with Gasteiger partial charge >= 0.3 is 12.1 Å². The number of hydrogen-bond acceptors (Lipinski definition) is 2. The summed E-state index contributed by atoms with van der Waals surface area (Å²) in [6.07, 6.45) is -6.04. The van der Waals surface area contributed by atoms with Crippen molar-refractivity contribution in [3.63, 3.8) is 0 Å². The number of rotatable bonds is 3. The van der Waals surface area contributed by atoms with Crippen LogP contribution in [0.15, 0.2) is 18.2 Å². The topological polar surface area (TPSA) is 15.3 Å². The number of alkyl halides is 5. The third-order valence-corrected chi connectivity index (χ3v) is 1.98. The van der Waals surface area contributed by atoms with E-state index in [0.29, 0.717) is 6.07 Å². The summed E-state index contributed by atoms with van der Waals surface area (Å²) in [5.74, 6) is -5.48. The Balaban J connectivity index is 3.41. The third kappa shape index (κ3) is 2.41. The van der Waals surface area contributed by atoms with Crippen molar-refractivity contribution >= 4 is 11.4 Å². The van der Waals surface area contributed by atoms with Crippen LogP contribution in [0, 0.1) is 0 Å². The van der Waals surface area contributed by atoms with Crippen molar-refractivity contribution in [2.24, 2.45) is 0 Å². The van der Waals surface area contributed by atoms with Crippen LogP contribution < -0.4 is 10.9 Å². The predicted octanol–water partition coefficient (Wildman–Crippen LogP) is 4.21. The Labute approximate surface area is 94.6 Å². The van der Waals surface area contributed by atoms with Gasteiger partial charge in [0.1, 0.15) is 5.69 Å². The lowest BCUT2D eigenvalue weighted by atomic mass is 10.1. The van der Waals surface area contributed by atoms with Gasteiger partial charge in [0.2, 0.25) is 0 Å². The molecular formula is C8H4F8N2. The van der Waals surface area contributed by atoms with E-state index in [4.69, 9.17) is 0 Å². The van der Waals surface area contributed by atoms with Gasteiger partial charge in [0.25, 0.3) is 0 Å². The summed E-state index contributed by atoms with van der Waals surface area (Å²) in [6.45, 7) is 0. The summed E-state index contributed by atoms with van der Waals surface area (Å²) in [4.78, 5) is 0. The van der Waals surface area contributed by atoms with Gasteiger partial charge < -0.3 is 0 Å². The molecule has 0 fully saturated rings. The predicted molar refractivity (Wildman–Crippen MR) is 45.8 cm³/mol. The fourth-order valence-corrected chi connectivity index (χ4v) is 1.15. The Hall–Kier alpha value is -1.74. The normalized spacial score (nSPS) is 12.4. The molecule has 0 unspecified atom stereocenters. The van der Waals surface area contributed by atoms with Gasteiger partial charge in [0.05, 0.1) is 11.3 Å². The molecule has 0 aliphatic heterocycles. The standard InChI is InChI=1S/C8H4F8N2/c9-7(10,8(11,12)13)5-2-1-4(17-14)3-6(5)18(15)16/h1-3,17H. The Morgan fingerprint density at radius 3 is 1.94 bits per heavy atom. The summed E-state index contributed by atoms with van der Waals surface area (Å²) in [5, 5.41) is -1.95. The number of halogens is 8. The highest BCUT2D eigenvalue weighted by Gasteiger charge is 2.60. The maximum absolute atomic E-state index is 12.9. The number of anilines is 2. The number of nitrogens with zero attached hydrogens (tertiary/aromatic N) is 1. The van der Waals surface area contributed by atoms with Crippen LogP contribution in [0.4, 0.5) is 46.8 Å². The quantitative estimate of drug-likeness (QED) is 0.659. The highest BCUT2D eigenvalue weighted by atomic mass is 19.4. The minimum atomic E-state index is -6.04. The maximum atomic E-state index is 12.9. The molecule has 1 rings (SSSR count). The first-order valence-electron chi connectivity index (χ1n) is 4.18. The smallest absolute Gasteiger partial charge is 0.224 e. The van der Waals surface area contributed by atoms with Crippen LogP contribution in [0.2, 0.25) is 0 Å². The molecule has 0 heterocycles. The van der Waals surface area contributed by atoms with Crippen LogP contribution in [-0.4, -0.2) is 6.18 Å². The molecule has 0 spiro atoms. The third-order valence-electron chi connectivity index (χ3n) is 1.98. The molecule has 1 aromatic rings. The van der Waals surface area contributed by atoms with Crippen molar-refractivity contribution in [3.05, 3.63) is 23.8 Å². The summed E-state index contributed by atoms with van der Waals surface area (Å²) in [5.41, 5.74) is -3.56. The van der Waals surface area contributed by atoms with Gasteiger partial charge in [-0.05, 0) is 23.5 Å². The molecule has 0 aliphatic carbocycles. The van der Waals surface area contributed by atoms with E-state index >= 15 is 0 Å². The van der Waals surface area contributed by atoms with E-state index in [1.807, 2.05) is 0 Å². The summed E-state index contributed by atoms with van der Waals surface area (Å²) >= 11 is 0. The zero-order chi connectivity index (χ0) is 14.1. The van der Waals surface area contributed by atoms with Crippen LogP contribution in [0.3, 0.4) is 0 Å². The van der Waals surface area contributed by atoms with Crippen molar-refractivity contribution in [1.82, 2.24) is 0 Å². The summed E-state index contributed by atoms with van der Waals surface area (Å²) < 4.78 is 98.4. The van der Waals surface area contributed by atoms with Gasteiger partial charge in [-0.25, -0.2) is 5.54 Å². The zero-order valence-electron chi connectivity index (χ0n) is 8.20. The van der Waals surface area contributed by atoms with Gasteiger partial charge in [-0.15, -0.1) is 4.48 Å². The van der Waals surface area contributed by atoms with Gasteiger partial charge in [-0.1, -0.05) is 8.96 Å². The van der Waals surface area contributed by atoms with E-state index in [1.54, 1.807) is 0 Å². The molecule has 0 amide bonds. The monoisotopic (exact) mass is 280 g/mol. The van der Waals surface area contributed by atoms with Crippen LogP contribution in [0.1, 0.15) is 5.56 Å². The van der Waals surface area contributed by atoms with Crippen molar-refractivity contribution in [1.29, 1.82) is 0 Å². The Morgan fingerprint density at radius 1 is 1.00 bits per heavy atom. The second-order valence-electron chi connectivity index (χ2n) is 3.13. The molecule has 10 heteroatoms. The lowest BCUT2D eigenvalue weighted by molar-refractivity contribution is -0.289. The molecule has 0 saturated heterocycles. The first-order chi connectivity index (χ1) is 8.11. The van der Waals surface area contributed by atoms with Gasteiger partial charge in [-0.2, -0.15) is 22.0 Å². The zero-order valence-corrected chi connectivity index (χ0v) is 8.20. The molecule has 0 aromatic heterocycles. The van der Waals surface area contributed by atoms with Crippen molar-refractivity contribution in [2.75, 3.05) is 10.9 Å². The van der Waals surface area contributed by atoms with Gasteiger partial charge in [0, 0.05) is 0 Å². The maximum Gasteiger partial charge on any atom is 0.458 e. The molecular weight excluding hydrogens is 276 g/mol. The van der Waals surface area contributed by atoms with Gasteiger partial charge in [0.15, 0.2) is 0 Å². The first kappa shape index (κ1) is 14.3. The van der Waals surface area contributed by atoms with Crippen molar-refractivity contribution < 1.29 is 35.4 Å². The van der Waals surface area contributed by atoms with E-state index < -0.39 is 34.4 Å². The van der Waals surface area contributed by atoms with Gasteiger partial charge in [-0.3, -0.25) is 0 Å². The minimum absolute atomic E-state index is 0.0664. The molecule has 102 valence electrons. The number of hydrogen-bond donors (Lipinski definition) is 1. The molecule has 1 aromatic carbocycles. The highest BCUT2D eigenvalue weighted by Crippen LogP contribution is 2.47. The van der Waals surface area contributed by atoms with E-state index in [-0.39, 0.29) is 12.1 Å². The molecule has 0 atom stereocenters. The molecule has 1 N–H and O–H groups in total. The average molecular weight is 280 g/mol. The SMILES string of the molecule is FNc1ccc(C(F)(F)C(F)(F)F)c(N(F)F)c1. The lowest BCUT2D eigenvalue weighted by Crippen LogP contribution is -2.34. The number of nitrogens with one attached hydrogen (secondary N) is 1. The molecule has 0 radical (unpaired) electrons. The second-order valence-corrected chi connectivity index (χ2v) is 3.13. The fraction of sp³-hybridized carbons (Fsp3) is 0.250. The van der Waals surface area contributed by atoms with E-state index in [1.165, 1.54) is 0 Å². The molecule has 2 nitrogen and oxygen atoms in total. The molecule has 18 heavy (non-hydrogen) atoms. The lowest BCUT2D eigenvalue weighted by Gasteiger charge is -2.22. The van der Waals surface area contributed by atoms with E-state index in [9.17, 15) is 35.4 Å². The Morgan fingerprint density at radius 2 is 1.56 bits per heavy atom. The largest absolute Gasteiger partial charge is 0.458 e. The minimum Gasteiger partial charge on any atom is -0.224 e. The molecule has 0 aliphatic rings. The summed E-state index contributed by atoms with van der Waals surface area (Å²) in [6, 6.07) is 0.661. The van der Waals surface area contributed by atoms with E-state index in [0.717, 1.165) is 5.54 Å². The van der Waals surface area contributed by atoms with Crippen molar-refractivity contribution in [2.45, 2.75) is 12.1 Å². The second kappa shape index (κ2) is 4.50. The van der Waals surface area contributed by atoms with Crippen LogP contribution >= 0.6 is 0 Å². The van der Waals surface area contributed by atoms with Crippen LogP contribution in [0.25, 0.3) is 0 Å². The highest BCUT2D eigenvalue weighted by molar-refractivity contribution is 5.61.